The summed E-state index contributed by atoms with van der Waals surface area (Å²) in [5.74, 6) is 0. The number of hydrogen-bond acceptors (Lipinski definition) is 3. The Kier molecular flexibility index (Phi) is 4.47. The van der Waals surface area contributed by atoms with Crippen LogP contribution in [0.15, 0.2) is 36.5 Å². The zero-order valence-corrected chi connectivity index (χ0v) is 11.5. The lowest BCUT2D eigenvalue weighted by atomic mass is 10.1. The van der Waals surface area contributed by atoms with Crippen LogP contribution in [0.2, 0.25) is 0 Å². The molecule has 0 spiro atoms. The molecule has 0 aliphatic carbocycles. The van der Waals surface area contributed by atoms with Crippen molar-refractivity contribution in [1.82, 2.24) is 4.57 Å². The molecule has 4 nitrogen and oxygen atoms in total. The highest BCUT2D eigenvalue weighted by atomic mass is 16.5. The van der Waals surface area contributed by atoms with E-state index in [1.54, 1.807) is 7.11 Å². The van der Waals surface area contributed by atoms with Crippen molar-refractivity contribution in [2.75, 3.05) is 31.3 Å². The third kappa shape index (κ3) is 3.29. The van der Waals surface area contributed by atoms with Crippen LogP contribution in [0.4, 0.5) is 11.4 Å². The number of ether oxygens (including phenoxy) is 1. The summed E-state index contributed by atoms with van der Waals surface area (Å²) in [6.07, 6.45) is 3.01. The van der Waals surface area contributed by atoms with Crippen LogP contribution in [0.5, 0.6) is 0 Å². The van der Waals surface area contributed by atoms with Gasteiger partial charge in [-0.15, -0.1) is 0 Å². The van der Waals surface area contributed by atoms with Gasteiger partial charge in [0.25, 0.3) is 0 Å². The highest BCUT2D eigenvalue weighted by Crippen LogP contribution is 2.30. The molecule has 2 rings (SSSR count). The minimum Gasteiger partial charge on any atom is -0.399 e. The van der Waals surface area contributed by atoms with Gasteiger partial charge in [0.05, 0.1) is 0 Å². The van der Waals surface area contributed by atoms with Crippen LogP contribution in [-0.2, 0) is 11.8 Å². The van der Waals surface area contributed by atoms with Gasteiger partial charge in [0.1, 0.15) is 0 Å². The third-order valence-electron chi connectivity index (χ3n) is 3.10. The minimum atomic E-state index is 0.765. The molecule has 0 amide bonds. The van der Waals surface area contributed by atoms with Gasteiger partial charge in [-0.3, -0.25) is 0 Å². The zero-order valence-electron chi connectivity index (χ0n) is 11.5. The van der Waals surface area contributed by atoms with Gasteiger partial charge in [-0.1, -0.05) is 0 Å². The molecule has 102 valence electrons. The van der Waals surface area contributed by atoms with Gasteiger partial charge < -0.3 is 20.4 Å². The van der Waals surface area contributed by atoms with E-state index in [1.165, 1.54) is 0 Å². The number of methoxy groups -OCH3 is 1. The summed E-state index contributed by atoms with van der Waals surface area (Å²) >= 11 is 0. The molecule has 0 fully saturated rings. The van der Waals surface area contributed by atoms with Gasteiger partial charge in [0.15, 0.2) is 0 Å². The number of benzene rings is 1. The fraction of sp³-hybridized carbons (Fsp3) is 0.333. The van der Waals surface area contributed by atoms with E-state index in [1.807, 2.05) is 37.5 Å². The van der Waals surface area contributed by atoms with Crippen LogP contribution in [0.1, 0.15) is 6.42 Å². The lowest BCUT2D eigenvalue weighted by molar-refractivity contribution is 0.198. The minimum absolute atomic E-state index is 0.765. The van der Waals surface area contributed by atoms with Gasteiger partial charge in [-0.2, -0.15) is 0 Å². The largest absolute Gasteiger partial charge is 0.399 e. The third-order valence-corrected chi connectivity index (χ3v) is 3.10. The summed E-state index contributed by atoms with van der Waals surface area (Å²) in [4.78, 5) is 0. The highest BCUT2D eigenvalue weighted by Gasteiger charge is 2.08. The molecule has 0 saturated heterocycles. The predicted octanol–water partition coefficient (Wildman–Crippen LogP) is 2.72. The predicted molar refractivity (Wildman–Crippen MR) is 80.2 cm³/mol. The van der Waals surface area contributed by atoms with E-state index in [0.29, 0.717) is 0 Å². The number of rotatable bonds is 6. The van der Waals surface area contributed by atoms with Gasteiger partial charge in [-0.05, 0) is 36.8 Å². The Labute approximate surface area is 114 Å². The second-order valence-electron chi connectivity index (χ2n) is 4.58. The first kappa shape index (κ1) is 13.5. The number of aryl methyl sites for hydroxylation is 1. The Hall–Kier alpha value is -1.94. The maximum Gasteiger partial charge on any atom is 0.0499 e. The molecular formula is C15H21N3O. The second-order valence-corrected chi connectivity index (χ2v) is 4.58. The van der Waals surface area contributed by atoms with E-state index in [-0.39, 0.29) is 0 Å². The Morgan fingerprint density at radius 3 is 2.84 bits per heavy atom. The number of nitrogens with two attached hydrogens (primary N) is 1. The van der Waals surface area contributed by atoms with Crippen LogP contribution < -0.4 is 11.1 Å². The lowest BCUT2D eigenvalue weighted by Crippen LogP contribution is -2.06. The van der Waals surface area contributed by atoms with E-state index in [9.17, 15) is 0 Å². The molecule has 1 heterocycles. The molecule has 0 atom stereocenters. The van der Waals surface area contributed by atoms with Crippen LogP contribution in [0.25, 0.3) is 11.3 Å². The van der Waals surface area contributed by atoms with E-state index < -0.39 is 0 Å². The molecule has 19 heavy (non-hydrogen) atoms. The maximum atomic E-state index is 5.90. The van der Waals surface area contributed by atoms with Crippen molar-refractivity contribution in [3.05, 3.63) is 36.5 Å². The summed E-state index contributed by atoms with van der Waals surface area (Å²) < 4.78 is 7.15. The Bertz CT molecular complexity index is 534. The Balaban J connectivity index is 2.21. The number of hydrogen-bond donors (Lipinski definition) is 2. The molecule has 0 saturated carbocycles. The number of nitrogens with zero attached hydrogens (tertiary/aromatic N) is 1. The summed E-state index contributed by atoms with van der Waals surface area (Å²) in [5.41, 5.74) is 10.1. The SMILES string of the molecule is COCCCNc1ccc(N)cc1-c1cccn1C. The van der Waals surface area contributed by atoms with Crippen LogP contribution in [0.3, 0.4) is 0 Å². The lowest BCUT2D eigenvalue weighted by Gasteiger charge is -2.13. The van der Waals surface area contributed by atoms with Gasteiger partial charge >= 0.3 is 0 Å². The molecule has 1 aromatic heterocycles. The molecule has 0 aliphatic heterocycles. The number of nitrogens with one attached hydrogen (secondary N) is 1. The number of anilines is 2. The van der Waals surface area contributed by atoms with Crippen molar-refractivity contribution in [3.63, 3.8) is 0 Å². The van der Waals surface area contributed by atoms with Gasteiger partial charge in [-0.25, -0.2) is 0 Å². The molecule has 0 bridgehead atoms. The molecule has 0 unspecified atom stereocenters. The topological polar surface area (TPSA) is 52.2 Å². The summed E-state index contributed by atoms with van der Waals surface area (Å²) in [6, 6.07) is 10.1. The average Bonchev–Trinajstić information content (AvgIpc) is 2.82. The fourth-order valence-corrected chi connectivity index (χ4v) is 2.11. The number of aromatic nitrogens is 1. The quantitative estimate of drug-likeness (QED) is 0.619. The standard InChI is InChI=1S/C15H21N3O/c1-18-9-3-5-15(18)13-11-12(16)6-7-14(13)17-8-4-10-19-2/h3,5-7,9,11,17H,4,8,10,16H2,1-2H3. The summed E-state index contributed by atoms with van der Waals surface area (Å²) in [6.45, 7) is 1.65. The first-order valence-electron chi connectivity index (χ1n) is 6.46. The van der Waals surface area contributed by atoms with E-state index in [4.69, 9.17) is 10.5 Å². The van der Waals surface area contributed by atoms with Crippen molar-refractivity contribution in [3.8, 4) is 11.3 Å². The van der Waals surface area contributed by atoms with Crippen molar-refractivity contribution < 1.29 is 4.74 Å². The molecule has 4 heteroatoms. The molecule has 0 radical (unpaired) electrons. The van der Waals surface area contributed by atoms with Crippen molar-refractivity contribution in [2.45, 2.75) is 6.42 Å². The Morgan fingerprint density at radius 1 is 1.32 bits per heavy atom. The smallest absolute Gasteiger partial charge is 0.0499 e. The van der Waals surface area contributed by atoms with Crippen molar-refractivity contribution >= 4 is 11.4 Å². The Morgan fingerprint density at radius 2 is 2.16 bits per heavy atom. The second kappa shape index (κ2) is 6.29. The van der Waals surface area contributed by atoms with Gasteiger partial charge in [0, 0.05) is 56.1 Å². The van der Waals surface area contributed by atoms with Crippen LogP contribution in [-0.4, -0.2) is 24.8 Å². The maximum absolute atomic E-state index is 5.90. The van der Waals surface area contributed by atoms with Crippen LogP contribution >= 0.6 is 0 Å². The molecule has 2 aromatic rings. The molecule has 0 aliphatic rings. The average molecular weight is 259 g/mol. The normalized spacial score (nSPS) is 10.6. The highest BCUT2D eigenvalue weighted by molar-refractivity contribution is 5.79. The summed E-state index contributed by atoms with van der Waals surface area (Å²) in [7, 11) is 3.76. The van der Waals surface area contributed by atoms with Crippen molar-refractivity contribution in [2.24, 2.45) is 7.05 Å². The first-order chi connectivity index (χ1) is 9.22. The molecule has 1 aromatic carbocycles. The first-order valence-corrected chi connectivity index (χ1v) is 6.46. The van der Waals surface area contributed by atoms with Crippen molar-refractivity contribution in [1.29, 1.82) is 0 Å². The zero-order chi connectivity index (χ0) is 13.7. The summed E-state index contributed by atoms with van der Waals surface area (Å²) in [5, 5.41) is 3.44. The fourth-order valence-electron chi connectivity index (χ4n) is 2.11. The molecular weight excluding hydrogens is 238 g/mol. The van der Waals surface area contributed by atoms with Gasteiger partial charge in [0.2, 0.25) is 0 Å². The van der Waals surface area contributed by atoms with Crippen LogP contribution in [0, 0.1) is 0 Å². The monoisotopic (exact) mass is 259 g/mol. The van der Waals surface area contributed by atoms with E-state index in [0.717, 1.165) is 42.2 Å². The van der Waals surface area contributed by atoms with E-state index >= 15 is 0 Å². The van der Waals surface area contributed by atoms with E-state index in [2.05, 4.69) is 16.0 Å². The molecule has 3 N–H and O–H groups in total. The number of nitrogen functional groups attached to an aromatic ring is 1.